The van der Waals surface area contributed by atoms with E-state index in [1.807, 2.05) is 31.9 Å². The number of hydrogen-bond acceptors (Lipinski definition) is 5. The highest BCUT2D eigenvalue weighted by molar-refractivity contribution is 6.31. The van der Waals surface area contributed by atoms with E-state index in [-0.39, 0.29) is 6.10 Å². The van der Waals surface area contributed by atoms with Crippen LogP contribution >= 0.6 is 11.6 Å². The molecule has 2 aromatic rings. The minimum absolute atomic E-state index is 0.0708. The minimum atomic E-state index is 0.0708. The maximum Gasteiger partial charge on any atom is 0.218 e. The van der Waals surface area contributed by atoms with E-state index >= 15 is 0 Å². The lowest BCUT2D eigenvalue weighted by Crippen LogP contribution is -2.18. The number of ether oxygens (including phenoxy) is 1. The summed E-state index contributed by atoms with van der Waals surface area (Å²) in [4.78, 5) is 10.3. The zero-order valence-electron chi connectivity index (χ0n) is 12.4. The predicted molar refractivity (Wildman–Crippen MR) is 85.8 cm³/mol. The van der Waals surface area contributed by atoms with Crippen LogP contribution in [0.3, 0.4) is 0 Å². The molecule has 0 aliphatic rings. The van der Waals surface area contributed by atoms with Crippen molar-refractivity contribution in [3.05, 3.63) is 41.2 Å². The normalized spacial score (nSPS) is 10.7. The maximum absolute atomic E-state index is 6.19. The largest absolute Gasteiger partial charge is 0.475 e. The first-order chi connectivity index (χ1) is 9.95. The number of halogens is 1. The van der Waals surface area contributed by atoms with Crippen LogP contribution < -0.4 is 15.4 Å². The fourth-order valence-electron chi connectivity index (χ4n) is 1.90. The van der Waals surface area contributed by atoms with E-state index in [2.05, 4.69) is 9.97 Å². The van der Waals surface area contributed by atoms with Gasteiger partial charge in [0.1, 0.15) is 12.1 Å². The molecule has 1 aromatic heterocycles. The molecule has 0 bridgehead atoms. The Bertz CT molecular complexity index is 618. The Morgan fingerprint density at radius 2 is 2.05 bits per heavy atom. The second-order valence-electron chi connectivity index (χ2n) is 5.09. The van der Waals surface area contributed by atoms with Crippen LogP contribution in [0.25, 0.3) is 0 Å². The van der Waals surface area contributed by atoms with Gasteiger partial charge >= 0.3 is 0 Å². The number of anilines is 2. The average Bonchev–Trinajstić information content (AvgIpc) is 2.42. The monoisotopic (exact) mass is 306 g/mol. The standard InChI is InChI=1S/C15H19ClN4O/c1-10(2)21-15-7-14(18-9-19-15)20(3)8-11-6-12(17)4-5-13(11)16/h4-7,9-10H,8,17H2,1-3H3. The third-order valence-corrected chi connectivity index (χ3v) is 3.22. The molecule has 2 rings (SSSR count). The fraction of sp³-hybridized carbons (Fsp3) is 0.333. The highest BCUT2D eigenvalue weighted by atomic mass is 35.5. The Balaban J connectivity index is 2.16. The van der Waals surface area contributed by atoms with Crippen molar-refractivity contribution < 1.29 is 4.74 Å². The molecule has 5 nitrogen and oxygen atoms in total. The molecule has 6 heteroatoms. The molecule has 2 N–H and O–H groups in total. The molecule has 0 fully saturated rings. The van der Waals surface area contributed by atoms with Crippen LogP contribution in [0.1, 0.15) is 19.4 Å². The second-order valence-corrected chi connectivity index (χ2v) is 5.50. The van der Waals surface area contributed by atoms with Gasteiger partial charge in [-0.1, -0.05) is 11.6 Å². The Labute approximate surface area is 129 Å². The maximum atomic E-state index is 6.19. The van der Waals surface area contributed by atoms with Gasteiger partial charge in [0.05, 0.1) is 6.10 Å². The molecule has 0 saturated heterocycles. The molecular formula is C15H19ClN4O. The van der Waals surface area contributed by atoms with Gasteiger partial charge in [-0.3, -0.25) is 0 Å². The highest BCUT2D eigenvalue weighted by Gasteiger charge is 2.09. The lowest BCUT2D eigenvalue weighted by atomic mass is 10.2. The summed E-state index contributed by atoms with van der Waals surface area (Å²) >= 11 is 6.19. The van der Waals surface area contributed by atoms with E-state index < -0.39 is 0 Å². The van der Waals surface area contributed by atoms with Crippen molar-refractivity contribution in [3.63, 3.8) is 0 Å². The molecule has 21 heavy (non-hydrogen) atoms. The Hall–Kier alpha value is -2.01. The van der Waals surface area contributed by atoms with E-state index in [0.29, 0.717) is 23.1 Å². The summed E-state index contributed by atoms with van der Waals surface area (Å²) in [6, 6.07) is 7.25. The summed E-state index contributed by atoms with van der Waals surface area (Å²) in [6.07, 6.45) is 1.56. The number of nitrogens with zero attached hydrogens (tertiary/aromatic N) is 3. The number of hydrogen-bond donors (Lipinski definition) is 1. The van der Waals surface area contributed by atoms with E-state index in [9.17, 15) is 0 Å². The van der Waals surface area contributed by atoms with Crippen LogP contribution in [0.5, 0.6) is 5.88 Å². The van der Waals surface area contributed by atoms with Gasteiger partial charge in [-0.05, 0) is 37.6 Å². The molecule has 0 unspecified atom stereocenters. The van der Waals surface area contributed by atoms with Crippen molar-refractivity contribution in [1.82, 2.24) is 9.97 Å². The number of nitrogens with two attached hydrogens (primary N) is 1. The summed E-state index contributed by atoms with van der Waals surface area (Å²) in [5, 5.41) is 0.684. The van der Waals surface area contributed by atoms with Gasteiger partial charge in [-0.2, -0.15) is 0 Å². The molecule has 0 radical (unpaired) electrons. The van der Waals surface area contributed by atoms with Crippen LogP contribution in [0, 0.1) is 0 Å². The van der Waals surface area contributed by atoms with Crippen molar-refractivity contribution in [1.29, 1.82) is 0 Å². The molecule has 0 saturated carbocycles. The van der Waals surface area contributed by atoms with Crippen LogP contribution in [-0.4, -0.2) is 23.1 Å². The van der Waals surface area contributed by atoms with Crippen molar-refractivity contribution >= 4 is 23.1 Å². The van der Waals surface area contributed by atoms with Crippen molar-refractivity contribution in [2.24, 2.45) is 0 Å². The minimum Gasteiger partial charge on any atom is -0.475 e. The van der Waals surface area contributed by atoms with E-state index in [0.717, 1.165) is 11.4 Å². The van der Waals surface area contributed by atoms with Gasteiger partial charge in [0.25, 0.3) is 0 Å². The van der Waals surface area contributed by atoms with Gasteiger partial charge in [0.15, 0.2) is 0 Å². The van der Waals surface area contributed by atoms with Gasteiger partial charge in [0.2, 0.25) is 5.88 Å². The first-order valence-electron chi connectivity index (χ1n) is 6.69. The zero-order chi connectivity index (χ0) is 15.4. The fourth-order valence-corrected chi connectivity index (χ4v) is 2.07. The van der Waals surface area contributed by atoms with Crippen LogP contribution in [0.15, 0.2) is 30.6 Å². The lowest BCUT2D eigenvalue weighted by Gasteiger charge is -2.20. The third-order valence-electron chi connectivity index (χ3n) is 2.85. The number of benzene rings is 1. The van der Waals surface area contributed by atoms with E-state index in [1.54, 1.807) is 18.2 Å². The Kier molecular flexibility index (Phi) is 4.85. The summed E-state index contributed by atoms with van der Waals surface area (Å²) in [7, 11) is 1.93. The van der Waals surface area contributed by atoms with Crippen molar-refractivity contribution in [2.75, 3.05) is 17.7 Å². The van der Waals surface area contributed by atoms with Gasteiger partial charge in [0, 0.05) is 30.4 Å². The van der Waals surface area contributed by atoms with Crippen LogP contribution in [-0.2, 0) is 6.54 Å². The molecule has 0 amide bonds. The Morgan fingerprint density at radius 3 is 2.76 bits per heavy atom. The summed E-state index contributed by atoms with van der Waals surface area (Å²) < 4.78 is 5.57. The first-order valence-corrected chi connectivity index (χ1v) is 7.07. The zero-order valence-corrected chi connectivity index (χ0v) is 13.1. The SMILES string of the molecule is CC(C)Oc1cc(N(C)Cc2cc(N)ccc2Cl)ncn1. The van der Waals surface area contributed by atoms with Gasteiger partial charge in [-0.15, -0.1) is 0 Å². The van der Waals surface area contributed by atoms with E-state index in [4.69, 9.17) is 22.1 Å². The summed E-state index contributed by atoms with van der Waals surface area (Å²) in [5.41, 5.74) is 7.44. The predicted octanol–water partition coefficient (Wildman–Crippen LogP) is 3.14. The highest BCUT2D eigenvalue weighted by Crippen LogP contribution is 2.23. The molecular weight excluding hydrogens is 288 g/mol. The molecule has 0 atom stereocenters. The molecule has 0 aliphatic heterocycles. The molecule has 1 aromatic carbocycles. The summed E-state index contributed by atoms with van der Waals surface area (Å²) in [6.45, 7) is 4.51. The molecule has 112 valence electrons. The quantitative estimate of drug-likeness (QED) is 0.860. The topological polar surface area (TPSA) is 64.3 Å². The van der Waals surface area contributed by atoms with Crippen molar-refractivity contribution in [2.45, 2.75) is 26.5 Å². The second kappa shape index (κ2) is 6.63. The number of nitrogen functional groups attached to an aromatic ring is 1. The third kappa shape index (κ3) is 4.23. The molecule has 1 heterocycles. The van der Waals surface area contributed by atoms with Gasteiger partial charge < -0.3 is 15.4 Å². The van der Waals surface area contributed by atoms with Crippen LogP contribution in [0.2, 0.25) is 5.02 Å². The average molecular weight is 307 g/mol. The first kappa shape index (κ1) is 15.4. The smallest absolute Gasteiger partial charge is 0.218 e. The number of rotatable bonds is 5. The molecule has 0 aliphatic carbocycles. The number of aromatic nitrogens is 2. The molecule has 0 spiro atoms. The van der Waals surface area contributed by atoms with Crippen molar-refractivity contribution in [3.8, 4) is 5.88 Å². The summed E-state index contributed by atoms with van der Waals surface area (Å²) in [5.74, 6) is 1.32. The van der Waals surface area contributed by atoms with Gasteiger partial charge in [-0.25, -0.2) is 9.97 Å². The Morgan fingerprint density at radius 1 is 1.29 bits per heavy atom. The van der Waals surface area contributed by atoms with E-state index in [1.165, 1.54) is 6.33 Å². The van der Waals surface area contributed by atoms with Crippen LogP contribution in [0.4, 0.5) is 11.5 Å². The lowest BCUT2D eigenvalue weighted by molar-refractivity contribution is 0.232.